The molecule has 0 aliphatic heterocycles. The molecule has 0 unspecified atom stereocenters. The zero-order chi connectivity index (χ0) is 25.8. The molecule has 34 heavy (non-hydrogen) atoms. The third-order valence-corrected chi connectivity index (χ3v) is 16.4. The molecule has 3 nitrogen and oxygen atoms in total. The Balaban J connectivity index is 1.85. The quantitative estimate of drug-likeness (QED) is 0.243. The van der Waals surface area contributed by atoms with Gasteiger partial charge < -0.3 is 13.6 Å². The molecule has 0 heterocycles. The highest BCUT2D eigenvalue weighted by Crippen LogP contribution is 2.38. The summed E-state index contributed by atoms with van der Waals surface area (Å²) in [6, 6.07) is 16.5. The molecule has 0 aromatic heterocycles. The van der Waals surface area contributed by atoms with Crippen LogP contribution in [0, 0.1) is 6.58 Å². The number of rotatable bonds is 10. The lowest BCUT2D eigenvalue weighted by Gasteiger charge is -2.36. The second kappa shape index (κ2) is 10.9. The van der Waals surface area contributed by atoms with Crippen molar-refractivity contribution in [3.63, 3.8) is 0 Å². The van der Waals surface area contributed by atoms with Gasteiger partial charge in [0.15, 0.2) is 16.6 Å². The number of ether oxygens (including phenoxy) is 1. The average Bonchev–Trinajstić information content (AvgIpc) is 2.74. The minimum atomic E-state index is -1.76. The highest BCUT2D eigenvalue weighted by atomic mass is 28.4. The van der Waals surface area contributed by atoms with E-state index in [1.807, 2.05) is 12.1 Å². The zero-order valence-electron chi connectivity index (χ0n) is 23.0. The molecule has 0 saturated heterocycles. The number of benzene rings is 2. The summed E-state index contributed by atoms with van der Waals surface area (Å²) in [7, 11) is -3.51. The molecule has 2 aromatic carbocycles. The van der Waals surface area contributed by atoms with Crippen LogP contribution < -0.4 is 0 Å². The molecule has 187 valence electrons. The van der Waals surface area contributed by atoms with Crippen molar-refractivity contribution in [2.45, 2.75) is 97.6 Å². The summed E-state index contributed by atoms with van der Waals surface area (Å²) in [6.45, 7) is 30.6. The third-order valence-electron chi connectivity index (χ3n) is 7.47. The fourth-order valence-corrected chi connectivity index (χ4v) is 4.62. The Bertz CT molecular complexity index is 931. The maximum atomic E-state index is 6.31. The fourth-order valence-electron chi connectivity index (χ4n) is 2.70. The van der Waals surface area contributed by atoms with Crippen molar-refractivity contribution >= 4 is 22.4 Å². The van der Waals surface area contributed by atoms with Crippen molar-refractivity contribution in [3.05, 3.63) is 77.4 Å². The van der Waals surface area contributed by atoms with E-state index < -0.39 is 16.6 Å². The van der Waals surface area contributed by atoms with Crippen LogP contribution in [0.1, 0.15) is 63.8 Å². The maximum absolute atomic E-state index is 6.31. The molecule has 5 heteroatoms. The van der Waals surface area contributed by atoms with Gasteiger partial charge in [-0.3, -0.25) is 0 Å². The Kier molecular flexibility index (Phi) is 9.19. The van der Waals surface area contributed by atoms with Crippen LogP contribution >= 0.6 is 0 Å². The molecular weight excluding hydrogens is 452 g/mol. The van der Waals surface area contributed by atoms with E-state index in [0.29, 0.717) is 25.6 Å². The van der Waals surface area contributed by atoms with Gasteiger partial charge in [-0.25, -0.2) is 0 Å². The summed E-state index contributed by atoms with van der Waals surface area (Å²) < 4.78 is 18.5. The molecule has 2 aromatic rings. The first-order chi connectivity index (χ1) is 15.5. The van der Waals surface area contributed by atoms with E-state index in [9.17, 15) is 0 Å². The van der Waals surface area contributed by atoms with Gasteiger partial charge in [0.25, 0.3) is 0 Å². The zero-order valence-corrected chi connectivity index (χ0v) is 25.0. The normalized spacial score (nSPS) is 13.1. The number of hydrogen-bond donors (Lipinski definition) is 0. The predicted molar refractivity (Wildman–Crippen MR) is 149 cm³/mol. The minimum Gasteiger partial charge on any atom is -0.488 e. The average molecular weight is 498 g/mol. The minimum absolute atomic E-state index is 0.203. The molecule has 0 fully saturated rings. The molecule has 0 aliphatic rings. The first-order valence-electron chi connectivity index (χ1n) is 12.2. The topological polar surface area (TPSA) is 27.7 Å². The molecular formula is C29H45O3Si2. The lowest BCUT2D eigenvalue weighted by atomic mass is 10.1. The van der Waals surface area contributed by atoms with E-state index in [-0.39, 0.29) is 10.1 Å². The Morgan fingerprint density at radius 2 is 0.941 bits per heavy atom. The smallest absolute Gasteiger partial charge is 0.192 e. The molecule has 2 rings (SSSR count). The van der Waals surface area contributed by atoms with E-state index in [1.54, 1.807) is 0 Å². The van der Waals surface area contributed by atoms with Crippen molar-refractivity contribution in [2.75, 3.05) is 0 Å². The van der Waals surface area contributed by atoms with Crippen molar-refractivity contribution in [1.29, 1.82) is 0 Å². The van der Waals surface area contributed by atoms with Gasteiger partial charge in [-0.05, 0) is 59.5 Å². The van der Waals surface area contributed by atoms with Gasteiger partial charge in [-0.1, -0.05) is 90.1 Å². The summed E-state index contributed by atoms with van der Waals surface area (Å²) >= 11 is 0. The molecule has 1 radical (unpaired) electrons. The lowest BCUT2D eigenvalue weighted by Crippen LogP contribution is -2.40. The van der Waals surface area contributed by atoms with Crippen LogP contribution in [0.4, 0.5) is 0 Å². The van der Waals surface area contributed by atoms with Crippen LogP contribution in [0.25, 0.3) is 5.76 Å². The van der Waals surface area contributed by atoms with Gasteiger partial charge in [-0.2, -0.15) is 0 Å². The second-order valence-corrected chi connectivity index (χ2v) is 21.9. The Hall–Kier alpha value is -1.67. The lowest BCUT2D eigenvalue weighted by molar-refractivity contribution is 0.263. The van der Waals surface area contributed by atoms with Crippen molar-refractivity contribution in [2.24, 2.45) is 0 Å². The Morgan fingerprint density at radius 1 is 0.618 bits per heavy atom. The molecule has 0 aliphatic carbocycles. The molecule has 0 atom stereocenters. The van der Waals surface area contributed by atoms with Crippen molar-refractivity contribution < 1.29 is 13.6 Å². The number of hydrogen-bond acceptors (Lipinski definition) is 3. The van der Waals surface area contributed by atoms with Crippen molar-refractivity contribution in [3.8, 4) is 0 Å². The molecule has 0 N–H and O–H groups in total. The fraction of sp³-hybridized carbons (Fsp3) is 0.517. The molecule has 0 saturated carbocycles. The van der Waals surface area contributed by atoms with Gasteiger partial charge in [0, 0.05) is 5.56 Å². The van der Waals surface area contributed by atoms with Gasteiger partial charge in [0.2, 0.25) is 0 Å². The van der Waals surface area contributed by atoms with E-state index in [2.05, 4.69) is 104 Å². The second-order valence-electron chi connectivity index (χ2n) is 12.3. The monoisotopic (exact) mass is 497 g/mol. The summed E-state index contributed by atoms with van der Waals surface area (Å²) in [5.74, 6) is 0.433. The SMILES string of the molecule is [CH]=C(OCc1ccc(CO[Si](C)(C)C(C)(C)C)cc1)c1ccc(CO[Si](C)(C)C(C)(C)C)cc1. The Labute approximate surface area is 210 Å². The summed E-state index contributed by atoms with van der Waals surface area (Å²) in [6.07, 6.45) is 0. The first kappa shape index (κ1) is 28.6. The summed E-state index contributed by atoms with van der Waals surface area (Å²) in [5, 5.41) is 0.416. The predicted octanol–water partition coefficient (Wildman–Crippen LogP) is 8.72. The first-order valence-corrected chi connectivity index (χ1v) is 18.0. The molecule has 0 spiro atoms. The standard InChI is InChI=1S/C29H45O3Si2/c1-23(27-18-16-26(17-19-27)22-32-34(10,11)29(5,6)7)30-20-24-12-14-25(15-13-24)21-31-33(8,9)28(2,3)4/h1,12-19H,20-22H2,2-11H3. The summed E-state index contributed by atoms with van der Waals surface area (Å²) in [5.41, 5.74) is 4.30. The molecule has 0 bridgehead atoms. The van der Waals surface area contributed by atoms with E-state index in [0.717, 1.165) is 16.7 Å². The van der Waals surface area contributed by atoms with Gasteiger partial charge in [0.05, 0.1) is 13.2 Å². The van der Waals surface area contributed by atoms with Crippen LogP contribution in [0.2, 0.25) is 36.3 Å². The Morgan fingerprint density at radius 3 is 1.29 bits per heavy atom. The highest BCUT2D eigenvalue weighted by molar-refractivity contribution is 6.74. The van der Waals surface area contributed by atoms with Gasteiger partial charge in [-0.15, -0.1) is 0 Å². The highest BCUT2D eigenvalue weighted by Gasteiger charge is 2.37. The van der Waals surface area contributed by atoms with Crippen LogP contribution in [-0.2, 0) is 33.4 Å². The van der Waals surface area contributed by atoms with Gasteiger partial charge in [0.1, 0.15) is 12.4 Å². The van der Waals surface area contributed by atoms with E-state index in [4.69, 9.17) is 20.2 Å². The molecule has 0 amide bonds. The van der Waals surface area contributed by atoms with Crippen LogP contribution in [-0.4, -0.2) is 16.6 Å². The van der Waals surface area contributed by atoms with Gasteiger partial charge >= 0.3 is 0 Å². The van der Waals surface area contributed by atoms with Crippen LogP contribution in [0.3, 0.4) is 0 Å². The maximum Gasteiger partial charge on any atom is 0.192 e. The van der Waals surface area contributed by atoms with Crippen LogP contribution in [0.15, 0.2) is 48.5 Å². The largest absolute Gasteiger partial charge is 0.488 e. The van der Waals surface area contributed by atoms with E-state index >= 15 is 0 Å². The third kappa shape index (κ3) is 7.94. The van der Waals surface area contributed by atoms with Crippen LogP contribution in [0.5, 0.6) is 0 Å². The summed E-state index contributed by atoms with van der Waals surface area (Å²) in [4.78, 5) is 0. The van der Waals surface area contributed by atoms with E-state index in [1.165, 1.54) is 5.56 Å². The van der Waals surface area contributed by atoms with Crippen molar-refractivity contribution in [1.82, 2.24) is 0 Å².